The van der Waals surface area contributed by atoms with E-state index in [2.05, 4.69) is 15.3 Å². The summed E-state index contributed by atoms with van der Waals surface area (Å²) in [5.41, 5.74) is 0.711. The number of nitrogens with one attached hydrogen (secondary N) is 1. The van der Waals surface area contributed by atoms with Crippen LogP contribution in [-0.4, -0.2) is 38.6 Å². The lowest BCUT2D eigenvalue weighted by atomic mass is 10.2. The van der Waals surface area contributed by atoms with E-state index in [1.165, 1.54) is 31.1 Å². The summed E-state index contributed by atoms with van der Waals surface area (Å²) in [7, 11) is 0. The number of thioether (sulfide) groups is 1. The van der Waals surface area contributed by atoms with Crippen molar-refractivity contribution in [1.82, 2.24) is 9.97 Å². The van der Waals surface area contributed by atoms with E-state index in [0.29, 0.717) is 16.9 Å². The van der Waals surface area contributed by atoms with Gasteiger partial charge < -0.3 is 10.4 Å². The van der Waals surface area contributed by atoms with Crippen molar-refractivity contribution in [2.24, 2.45) is 0 Å². The molecule has 2 rings (SSSR count). The summed E-state index contributed by atoms with van der Waals surface area (Å²) in [5, 5.41) is 12.7. The van der Waals surface area contributed by atoms with Crippen molar-refractivity contribution in [3.05, 3.63) is 17.5 Å². The largest absolute Gasteiger partial charge is 0.477 e. The van der Waals surface area contributed by atoms with Crippen LogP contribution < -0.4 is 5.32 Å². The number of carbonyl (C=O) groups is 1. The number of hydrogen-bond donors (Lipinski definition) is 2. The number of anilines is 1. The van der Waals surface area contributed by atoms with Crippen LogP contribution in [0.25, 0.3) is 0 Å². The average molecular weight is 267 g/mol. The molecule has 1 saturated heterocycles. The minimum Gasteiger partial charge on any atom is -0.477 e. The first-order valence-corrected chi connectivity index (χ1v) is 7.14. The van der Waals surface area contributed by atoms with Gasteiger partial charge in [-0.25, -0.2) is 14.8 Å². The highest BCUT2D eigenvalue weighted by Gasteiger charge is 2.14. The third kappa shape index (κ3) is 3.60. The molecule has 5 nitrogen and oxygen atoms in total. The predicted molar refractivity (Wildman–Crippen MR) is 72.3 cm³/mol. The van der Waals surface area contributed by atoms with Gasteiger partial charge >= 0.3 is 5.97 Å². The van der Waals surface area contributed by atoms with Crippen LogP contribution in [0, 0.1) is 6.92 Å². The van der Waals surface area contributed by atoms with Crippen LogP contribution in [0.3, 0.4) is 0 Å². The molecule has 1 aliphatic rings. The van der Waals surface area contributed by atoms with Crippen molar-refractivity contribution in [1.29, 1.82) is 0 Å². The van der Waals surface area contributed by atoms with Crippen LogP contribution in [0.4, 0.5) is 5.95 Å². The number of aromatic nitrogens is 2. The molecule has 0 spiro atoms. The molecule has 0 bridgehead atoms. The van der Waals surface area contributed by atoms with Gasteiger partial charge in [0, 0.05) is 17.5 Å². The summed E-state index contributed by atoms with van der Waals surface area (Å²) in [6.45, 7) is 2.57. The Morgan fingerprint density at radius 3 is 3.06 bits per heavy atom. The lowest BCUT2D eigenvalue weighted by Crippen LogP contribution is -2.21. The highest BCUT2D eigenvalue weighted by Crippen LogP contribution is 2.24. The molecule has 1 atom stereocenters. The molecule has 0 radical (unpaired) electrons. The third-order valence-electron chi connectivity index (χ3n) is 2.84. The first-order chi connectivity index (χ1) is 8.65. The summed E-state index contributed by atoms with van der Waals surface area (Å²) in [6, 6.07) is 1.48. The van der Waals surface area contributed by atoms with E-state index in [9.17, 15) is 4.79 Å². The summed E-state index contributed by atoms with van der Waals surface area (Å²) < 4.78 is 0. The molecule has 1 aliphatic heterocycles. The standard InChI is InChI=1S/C12H17N3O2S/c1-8-6-10(11(16)17)15-12(14-8)13-7-9-4-2-3-5-18-9/h6,9H,2-5,7H2,1H3,(H,16,17)(H,13,14,15). The Morgan fingerprint density at radius 1 is 1.56 bits per heavy atom. The molecule has 0 aliphatic carbocycles. The topological polar surface area (TPSA) is 75.1 Å². The molecule has 2 N–H and O–H groups in total. The highest BCUT2D eigenvalue weighted by atomic mass is 32.2. The van der Waals surface area contributed by atoms with Gasteiger partial charge in [0.1, 0.15) is 0 Å². The first kappa shape index (κ1) is 13.1. The Hall–Kier alpha value is -1.30. The van der Waals surface area contributed by atoms with E-state index >= 15 is 0 Å². The van der Waals surface area contributed by atoms with Crippen molar-refractivity contribution >= 4 is 23.7 Å². The molecule has 0 amide bonds. The second-order valence-electron chi connectivity index (χ2n) is 4.39. The van der Waals surface area contributed by atoms with E-state index in [1.54, 1.807) is 6.92 Å². The fourth-order valence-electron chi connectivity index (χ4n) is 1.93. The molecule has 18 heavy (non-hydrogen) atoms. The van der Waals surface area contributed by atoms with Crippen molar-refractivity contribution < 1.29 is 9.90 Å². The van der Waals surface area contributed by atoms with Gasteiger partial charge in [-0.05, 0) is 31.6 Å². The van der Waals surface area contributed by atoms with Gasteiger partial charge in [0.05, 0.1) is 0 Å². The second-order valence-corrected chi connectivity index (χ2v) is 5.80. The highest BCUT2D eigenvalue weighted by molar-refractivity contribution is 7.99. The molecule has 98 valence electrons. The fourth-order valence-corrected chi connectivity index (χ4v) is 3.17. The van der Waals surface area contributed by atoms with Gasteiger partial charge in [0.25, 0.3) is 0 Å². The van der Waals surface area contributed by atoms with Crippen LogP contribution >= 0.6 is 11.8 Å². The number of rotatable bonds is 4. The maximum absolute atomic E-state index is 10.9. The summed E-state index contributed by atoms with van der Waals surface area (Å²) in [5.74, 6) is 0.607. The Morgan fingerprint density at radius 2 is 2.39 bits per heavy atom. The zero-order chi connectivity index (χ0) is 13.0. The van der Waals surface area contributed by atoms with E-state index in [-0.39, 0.29) is 5.69 Å². The van der Waals surface area contributed by atoms with Crippen LogP contribution in [0.15, 0.2) is 6.07 Å². The van der Waals surface area contributed by atoms with Gasteiger partial charge in [0.15, 0.2) is 5.69 Å². The van der Waals surface area contributed by atoms with Gasteiger partial charge in [-0.3, -0.25) is 0 Å². The number of carboxylic acids is 1. The smallest absolute Gasteiger partial charge is 0.354 e. The quantitative estimate of drug-likeness (QED) is 0.871. The van der Waals surface area contributed by atoms with Crippen LogP contribution in [0.2, 0.25) is 0 Å². The molecule has 2 heterocycles. The monoisotopic (exact) mass is 267 g/mol. The zero-order valence-corrected chi connectivity index (χ0v) is 11.2. The average Bonchev–Trinajstić information content (AvgIpc) is 2.37. The zero-order valence-electron chi connectivity index (χ0n) is 10.3. The SMILES string of the molecule is Cc1cc(C(=O)O)nc(NCC2CCCCS2)n1. The van der Waals surface area contributed by atoms with Crippen molar-refractivity contribution in [3.8, 4) is 0 Å². The maximum atomic E-state index is 10.9. The normalized spacial score (nSPS) is 19.5. The van der Waals surface area contributed by atoms with Crippen molar-refractivity contribution in [2.45, 2.75) is 31.4 Å². The van der Waals surface area contributed by atoms with Gasteiger partial charge in [-0.2, -0.15) is 11.8 Å². The van der Waals surface area contributed by atoms with E-state index in [4.69, 9.17) is 5.11 Å². The molecule has 1 unspecified atom stereocenters. The van der Waals surface area contributed by atoms with Crippen molar-refractivity contribution in [2.75, 3.05) is 17.6 Å². The Labute approximate surface area is 110 Å². The number of aromatic carboxylic acids is 1. The predicted octanol–water partition coefficient (Wildman–Crippen LogP) is 2.18. The van der Waals surface area contributed by atoms with Gasteiger partial charge in [-0.15, -0.1) is 0 Å². The maximum Gasteiger partial charge on any atom is 0.354 e. The van der Waals surface area contributed by atoms with Crippen LogP contribution in [0.5, 0.6) is 0 Å². The van der Waals surface area contributed by atoms with Gasteiger partial charge in [-0.1, -0.05) is 6.42 Å². The molecule has 1 aromatic rings. The van der Waals surface area contributed by atoms with Gasteiger partial charge in [0.2, 0.25) is 5.95 Å². The summed E-state index contributed by atoms with van der Waals surface area (Å²) >= 11 is 1.96. The minimum atomic E-state index is -1.02. The number of aryl methyl sites for hydroxylation is 1. The lowest BCUT2D eigenvalue weighted by Gasteiger charge is -2.21. The van der Waals surface area contributed by atoms with E-state index in [0.717, 1.165) is 6.54 Å². The lowest BCUT2D eigenvalue weighted by molar-refractivity contribution is 0.0690. The van der Waals surface area contributed by atoms with Crippen molar-refractivity contribution in [3.63, 3.8) is 0 Å². The van der Waals surface area contributed by atoms with E-state index < -0.39 is 5.97 Å². The fraction of sp³-hybridized carbons (Fsp3) is 0.583. The van der Waals surface area contributed by atoms with Crippen LogP contribution in [-0.2, 0) is 0 Å². The Balaban J connectivity index is 1.97. The number of hydrogen-bond acceptors (Lipinski definition) is 5. The molecule has 1 fully saturated rings. The first-order valence-electron chi connectivity index (χ1n) is 6.09. The molecular formula is C12H17N3O2S. The van der Waals surface area contributed by atoms with Crippen LogP contribution in [0.1, 0.15) is 35.4 Å². The van der Waals surface area contributed by atoms with E-state index in [1.807, 2.05) is 11.8 Å². The molecular weight excluding hydrogens is 250 g/mol. The summed E-state index contributed by atoms with van der Waals surface area (Å²) in [4.78, 5) is 19.1. The number of nitrogens with zero attached hydrogens (tertiary/aromatic N) is 2. The minimum absolute atomic E-state index is 0.0429. The molecule has 6 heteroatoms. The second kappa shape index (κ2) is 6.04. The number of carboxylic acid groups (broad SMARTS) is 1. The third-order valence-corrected chi connectivity index (χ3v) is 4.23. The Bertz CT molecular complexity index is 433. The molecule has 0 saturated carbocycles. The summed E-state index contributed by atoms with van der Waals surface area (Å²) in [6.07, 6.45) is 3.77. The molecule has 0 aromatic carbocycles. The molecule has 1 aromatic heterocycles. The Kier molecular flexibility index (Phi) is 4.41.